The van der Waals surface area contributed by atoms with Crippen molar-refractivity contribution in [1.82, 2.24) is 5.32 Å². The first-order valence-electron chi connectivity index (χ1n) is 6.35. The quantitative estimate of drug-likeness (QED) is 0.872. The molecule has 5 nitrogen and oxygen atoms in total. The molecule has 2 N–H and O–H groups in total. The van der Waals surface area contributed by atoms with Crippen molar-refractivity contribution in [1.29, 1.82) is 0 Å². The van der Waals surface area contributed by atoms with Crippen molar-refractivity contribution in [3.63, 3.8) is 0 Å². The van der Waals surface area contributed by atoms with Gasteiger partial charge in [0.25, 0.3) is 0 Å². The van der Waals surface area contributed by atoms with Gasteiger partial charge in [-0.3, -0.25) is 4.90 Å². The van der Waals surface area contributed by atoms with E-state index in [0.29, 0.717) is 12.8 Å². The molecule has 0 saturated carbocycles. The minimum atomic E-state index is -1.37. The molecule has 6 heteroatoms. The fourth-order valence-corrected chi connectivity index (χ4v) is 1.88. The summed E-state index contributed by atoms with van der Waals surface area (Å²) in [4.78, 5) is 24.4. The van der Waals surface area contributed by atoms with Gasteiger partial charge in [-0.15, -0.1) is 0 Å². The largest absolute Gasteiger partial charge is 0.480 e. The van der Waals surface area contributed by atoms with Crippen LogP contribution in [0.5, 0.6) is 0 Å². The Morgan fingerprint density at radius 3 is 2.50 bits per heavy atom. The summed E-state index contributed by atoms with van der Waals surface area (Å²) in [6.07, 6.45) is 0.895. The number of nitrogens with one attached hydrogen (secondary N) is 1. The number of carbonyl (C=O) groups is 2. The van der Waals surface area contributed by atoms with Gasteiger partial charge in [0.05, 0.1) is 5.69 Å². The van der Waals surface area contributed by atoms with Crippen molar-refractivity contribution in [3.8, 4) is 0 Å². The Kier molecular flexibility index (Phi) is 5.07. The van der Waals surface area contributed by atoms with E-state index in [9.17, 15) is 19.1 Å². The highest BCUT2D eigenvalue weighted by atomic mass is 19.1. The second-order valence-electron chi connectivity index (χ2n) is 4.83. The summed E-state index contributed by atoms with van der Waals surface area (Å²) in [6, 6.07) is 5.15. The van der Waals surface area contributed by atoms with Crippen LogP contribution in [0.25, 0.3) is 0 Å². The van der Waals surface area contributed by atoms with Crippen LogP contribution >= 0.6 is 0 Å². The van der Waals surface area contributed by atoms with Crippen LogP contribution in [0.15, 0.2) is 24.3 Å². The molecular weight excluding hydrogens is 263 g/mol. The van der Waals surface area contributed by atoms with E-state index in [-0.39, 0.29) is 5.69 Å². The average molecular weight is 282 g/mol. The molecule has 1 atom stereocenters. The van der Waals surface area contributed by atoms with E-state index >= 15 is 0 Å². The lowest BCUT2D eigenvalue weighted by Gasteiger charge is -2.29. The summed E-state index contributed by atoms with van der Waals surface area (Å²) in [5.41, 5.74) is -1.28. The van der Waals surface area contributed by atoms with Crippen molar-refractivity contribution in [2.75, 3.05) is 11.9 Å². The number of carboxylic acid groups (broad SMARTS) is 1. The molecule has 0 saturated heterocycles. The summed E-state index contributed by atoms with van der Waals surface area (Å²) in [5.74, 6) is -1.66. The van der Waals surface area contributed by atoms with Gasteiger partial charge in [-0.25, -0.2) is 14.0 Å². The van der Waals surface area contributed by atoms with Crippen LogP contribution in [0, 0.1) is 5.82 Å². The monoisotopic (exact) mass is 282 g/mol. The van der Waals surface area contributed by atoms with E-state index in [0.717, 1.165) is 4.90 Å². The fraction of sp³-hybridized carbons (Fsp3) is 0.429. The van der Waals surface area contributed by atoms with Crippen LogP contribution in [0.4, 0.5) is 14.9 Å². The van der Waals surface area contributed by atoms with Gasteiger partial charge < -0.3 is 10.4 Å². The highest BCUT2D eigenvalue weighted by Crippen LogP contribution is 2.19. The zero-order valence-corrected chi connectivity index (χ0v) is 11.8. The van der Waals surface area contributed by atoms with Crippen molar-refractivity contribution in [2.45, 2.75) is 32.2 Å². The van der Waals surface area contributed by atoms with Crippen LogP contribution < -0.4 is 10.2 Å². The number of hydrogen-bond donors (Lipinski definition) is 2. The predicted molar refractivity (Wildman–Crippen MR) is 74.3 cm³/mol. The molecule has 0 aliphatic rings. The summed E-state index contributed by atoms with van der Waals surface area (Å²) in [6.45, 7) is 3.26. The van der Waals surface area contributed by atoms with Gasteiger partial charge in [0.15, 0.2) is 0 Å². The molecule has 1 aromatic rings. The molecule has 0 spiro atoms. The van der Waals surface area contributed by atoms with E-state index in [1.54, 1.807) is 6.07 Å². The Hall–Kier alpha value is -2.11. The number of hydrogen-bond acceptors (Lipinski definition) is 2. The third-order valence-corrected chi connectivity index (χ3v) is 3.12. The molecule has 0 bridgehead atoms. The molecule has 1 unspecified atom stereocenters. The number of halogens is 1. The van der Waals surface area contributed by atoms with Gasteiger partial charge in [-0.05, 0) is 25.5 Å². The lowest BCUT2D eigenvalue weighted by molar-refractivity contribution is -0.144. The van der Waals surface area contributed by atoms with Gasteiger partial charge in [-0.1, -0.05) is 25.5 Å². The third-order valence-electron chi connectivity index (χ3n) is 3.12. The number of amides is 2. The maximum Gasteiger partial charge on any atom is 0.329 e. The zero-order chi connectivity index (χ0) is 15.3. The molecule has 110 valence electrons. The average Bonchev–Trinajstić information content (AvgIpc) is 2.38. The lowest BCUT2D eigenvalue weighted by Crippen LogP contribution is -2.55. The zero-order valence-electron chi connectivity index (χ0n) is 11.8. The Balaban J connectivity index is 2.90. The van der Waals surface area contributed by atoms with Crippen molar-refractivity contribution in [2.24, 2.45) is 0 Å². The molecule has 0 aliphatic carbocycles. The van der Waals surface area contributed by atoms with E-state index in [1.165, 1.54) is 32.2 Å². The number of carbonyl (C=O) groups excluding carboxylic acids is 1. The van der Waals surface area contributed by atoms with Crippen LogP contribution in [0.3, 0.4) is 0 Å². The summed E-state index contributed by atoms with van der Waals surface area (Å²) in [5, 5.41) is 11.7. The molecule has 0 heterocycles. The molecule has 2 amide bonds. The predicted octanol–water partition coefficient (Wildman–Crippen LogP) is 2.61. The molecule has 0 radical (unpaired) electrons. The molecule has 0 aliphatic heterocycles. The van der Waals surface area contributed by atoms with Crippen molar-refractivity contribution in [3.05, 3.63) is 30.1 Å². The maximum atomic E-state index is 13.6. The Morgan fingerprint density at radius 2 is 2.00 bits per heavy atom. The summed E-state index contributed by atoms with van der Waals surface area (Å²) in [7, 11) is 1.39. The number of para-hydroxylation sites is 1. The molecule has 1 rings (SSSR count). The molecule has 0 fully saturated rings. The van der Waals surface area contributed by atoms with Crippen LogP contribution in [0.2, 0.25) is 0 Å². The topological polar surface area (TPSA) is 69.6 Å². The highest BCUT2D eigenvalue weighted by molar-refractivity contribution is 5.95. The Morgan fingerprint density at radius 1 is 1.40 bits per heavy atom. The first-order valence-corrected chi connectivity index (χ1v) is 6.35. The number of nitrogens with zero attached hydrogens (tertiary/aromatic N) is 1. The molecule has 1 aromatic carbocycles. The highest BCUT2D eigenvalue weighted by Gasteiger charge is 2.35. The van der Waals surface area contributed by atoms with Crippen LogP contribution in [-0.2, 0) is 4.79 Å². The molecule has 20 heavy (non-hydrogen) atoms. The number of carboxylic acids is 1. The van der Waals surface area contributed by atoms with Crippen LogP contribution in [-0.4, -0.2) is 29.7 Å². The molecular formula is C14H19FN2O3. The standard InChI is InChI=1S/C14H19FN2O3/c1-4-9-14(2,12(18)19)16-13(20)17(3)11-8-6-5-7-10(11)15/h5-8H,4,9H2,1-3H3,(H,16,20)(H,18,19). The van der Waals surface area contributed by atoms with Gasteiger partial charge >= 0.3 is 12.0 Å². The second kappa shape index (κ2) is 6.36. The second-order valence-corrected chi connectivity index (χ2v) is 4.83. The van der Waals surface area contributed by atoms with Crippen LogP contribution in [0.1, 0.15) is 26.7 Å². The summed E-state index contributed by atoms with van der Waals surface area (Å²) >= 11 is 0. The summed E-state index contributed by atoms with van der Waals surface area (Å²) < 4.78 is 13.6. The van der Waals surface area contributed by atoms with E-state index in [1.807, 2.05) is 6.92 Å². The first-order chi connectivity index (χ1) is 9.31. The van der Waals surface area contributed by atoms with E-state index < -0.39 is 23.4 Å². The lowest BCUT2D eigenvalue weighted by atomic mass is 9.96. The smallest absolute Gasteiger partial charge is 0.329 e. The SMILES string of the molecule is CCCC(C)(NC(=O)N(C)c1ccccc1F)C(=O)O. The minimum absolute atomic E-state index is 0.0919. The van der Waals surface area contributed by atoms with E-state index in [2.05, 4.69) is 5.32 Å². The fourth-order valence-electron chi connectivity index (χ4n) is 1.88. The number of benzene rings is 1. The Labute approximate surface area is 117 Å². The number of urea groups is 1. The number of aliphatic carboxylic acids is 1. The minimum Gasteiger partial charge on any atom is -0.480 e. The Bertz CT molecular complexity index is 507. The first kappa shape index (κ1) is 15.9. The van der Waals surface area contributed by atoms with Gasteiger partial charge in [0.1, 0.15) is 11.4 Å². The molecule has 0 aromatic heterocycles. The van der Waals surface area contributed by atoms with Gasteiger partial charge in [0, 0.05) is 7.05 Å². The van der Waals surface area contributed by atoms with Crippen molar-refractivity contribution >= 4 is 17.7 Å². The van der Waals surface area contributed by atoms with Crippen molar-refractivity contribution < 1.29 is 19.1 Å². The number of anilines is 1. The maximum absolute atomic E-state index is 13.6. The van der Waals surface area contributed by atoms with Gasteiger partial charge in [0.2, 0.25) is 0 Å². The van der Waals surface area contributed by atoms with E-state index in [4.69, 9.17) is 0 Å². The normalized spacial score (nSPS) is 13.4. The number of rotatable bonds is 5. The van der Waals surface area contributed by atoms with Gasteiger partial charge in [-0.2, -0.15) is 0 Å². The third kappa shape index (κ3) is 3.46.